The molecule has 0 N–H and O–H groups in total. The van der Waals surface area contributed by atoms with Crippen LogP contribution in [0.3, 0.4) is 0 Å². The van der Waals surface area contributed by atoms with Gasteiger partial charge >= 0.3 is 0 Å². The molecule has 0 aliphatic rings. The van der Waals surface area contributed by atoms with Gasteiger partial charge in [-0.2, -0.15) is 0 Å². The largest absolute Gasteiger partial charge is 0.853 e. The van der Waals surface area contributed by atoms with Gasteiger partial charge in [-0.05, 0) is 0 Å². The SMILES string of the molecule is COCCOCCOCC[O-]. The minimum Gasteiger partial charge on any atom is -0.853 e. The van der Waals surface area contributed by atoms with Gasteiger partial charge in [0, 0.05) is 13.7 Å². The van der Waals surface area contributed by atoms with E-state index in [-0.39, 0.29) is 13.2 Å². The maximum Gasteiger partial charge on any atom is 0.0701 e. The molecular weight excluding hydrogens is 148 g/mol. The second-order valence-corrected chi connectivity index (χ2v) is 1.92. The van der Waals surface area contributed by atoms with Crippen molar-refractivity contribution in [2.24, 2.45) is 0 Å². The zero-order valence-electron chi connectivity index (χ0n) is 6.88. The first-order valence-electron chi connectivity index (χ1n) is 3.64. The van der Waals surface area contributed by atoms with Gasteiger partial charge < -0.3 is 19.3 Å². The fraction of sp³-hybridized carbons (Fsp3) is 1.00. The van der Waals surface area contributed by atoms with Gasteiger partial charge in [-0.15, -0.1) is 6.61 Å². The standard InChI is InChI=1S/C7H15O4/c1-9-4-5-11-7-6-10-3-2-8/h2-7H2,1H3/q-1. The Labute approximate surface area is 67.1 Å². The second kappa shape index (κ2) is 9.84. The molecule has 0 aromatic carbocycles. The summed E-state index contributed by atoms with van der Waals surface area (Å²) < 4.78 is 14.7. The summed E-state index contributed by atoms with van der Waals surface area (Å²) >= 11 is 0. The van der Waals surface area contributed by atoms with E-state index in [1.54, 1.807) is 7.11 Å². The number of hydrogen-bond donors (Lipinski definition) is 0. The highest BCUT2D eigenvalue weighted by Crippen LogP contribution is 1.77. The first-order valence-corrected chi connectivity index (χ1v) is 3.64. The monoisotopic (exact) mass is 163 g/mol. The van der Waals surface area contributed by atoms with Gasteiger partial charge in [0.2, 0.25) is 0 Å². The van der Waals surface area contributed by atoms with Crippen molar-refractivity contribution in [1.29, 1.82) is 0 Å². The van der Waals surface area contributed by atoms with Crippen molar-refractivity contribution in [3.8, 4) is 0 Å². The molecule has 0 radical (unpaired) electrons. The fourth-order valence-electron chi connectivity index (χ4n) is 0.523. The maximum absolute atomic E-state index is 9.88. The average molecular weight is 163 g/mol. The quantitative estimate of drug-likeness (QED) is 0.432. The Hall–Kier alpha value is -0.160. The Morgan fingerprint density at radius 3 is 2.00 bits per heavy atom. The number of rotatable bonds is 8. The number of hydrogen-bond acceptors (Lipinski definition) is 4. The van der Waals surface area contributed by atoms with E-state index in [9.17, 15) is 5.11 Å². The van der Waals surface area contributed by atoms with Gasteiger partial charge in [0.1, 0.15) is 0 Å². The zero-order chi connectivity index (χ0) is 8.36. The van der Waals surface area contributed by atoms with E-state index in [2.05, 4.69) is 0 Å². The van der Waals surface area contributed by atoms with Crippen molar-refractivity contribution in [2.45, 2.75) is 0 Å². The molecule has 0 atom stereocenters. The summed E-state index contributed by atoms with van der Waals surface area (Å²) in [7, 11) is 1.62. The van der Waals surface area contributed by atoms with E-state index in [1.807, 2.05) is 0 Å². The molecule has 11 heavy (non-hydrogen) atoms. The van der Waals surface area contributed by atoms with Crippen LogP contribution in [0.4, 0.5) is 0 Å². The Morgan fingerprint density at radius 2 is 1.45 bits per heavy atom. The molecule has 0 aromatic heterocycles. The Morgan fingerprint density at radius 1 is 0.909 bits per heavy atom. The lowest BCUT2D eigenvalue weighted by molar-refractivity contribution is -0.374. The minimum absolute atomic E-state index is 0.182. The molecule has 0 spiro atoms. The summed E-state index contributed by atoms with van der Waals surface area (Å²) in [5.74, 6) is 0. The van der Waals surface area contributed by atoms with Crippen LogP contribution in [-0.4, -0.2) is 46.8 Å². The fourth-order valence-corrected chi connectivity index (χ4v) is 0.523. The van der Waals surface area contributed by atoms with Crippen molar-refractivity contribution in [2.75, 3.05) is 46.8 Å². The highest BCUT2D eigenvalue weighted by Gasteiger charge is 1.86. The molecule has 68 valence electrons. The predicted octanol–water partition coefficient (Wildman–Crippen LogP) is -0.974. The highest BCUT2D eigenvalue weighted by atomic mass is 16.5. The third-order valence-corrected chi connectivity index (χ3v) is 1.03. The normalized spacial score (nSPS) is 10.4. The molecule has 0 saturated carbocycles. The molecule has 0 bridgehead atoms. The molecule has 0 heterocycles. The minimum atomic E-state index is -0.182. The van der Waals surface area contributed by atoms with Gasteiger partial charge in [0.25, 0.3) is 0 Å². The second-order valence-electron chi connectivity index (χ2n) is 1.92. The summed E-state index contributed by atoms with van der Waals surface area (Å²) in [6.45, 7) is 2.29. The van der Waals surface area contributed by atoms with Gasteiger partial charge in [-0.1, -0.05) is 0 Å². The Bertz CT molecular complexity index is 59.5. The third kappa shape index (κ3) is 9.84. The Balaban J connectivity index is 2.69. The third-order valence-electron chi connectivity index (χ3n) is 1.03. The lowest BCUT2D eigenvalue weighted by Gasteiger charge is -2.06. The topological polar surface area (TPSA) is 50.8 Å². The number of methoxy groups -OCH3 is 1. The lowest BCUT2D eigenvalue weighted by Crippen LogP contribution is -2.15. The van der Waals surface area contributed by atoms with Crippen LogP contribution in [0.2, 0.25) is 0 Å². The molecule has 4 heteroatoms. The molecule has 4 nitrogen and oxygen atoms in total. The molecule has 0 unspecified atom stereocenters. The molecule has 0 aliphatic carbocycles. The van der Waals surface area contributed by atoms with Gasteiger partial charge in [-0.25, -0.2) is 0 Å². The van der Waals surface area contributed by atoms with Crippen molar-refractivity contribution < 1.29 is 19.3 Å². The van der Waals surface area contributed by atoms with Crippen LogP contribution in [0.15, 0.2) is 0 Å². The molecule has 0 aliphatic heterocycles. The van der Waals surface area contributed by atoms with Crippen molar-refractivity contribution in [3.63, 3.8) is 0 Å². The summed E-state index contributed by atoms with van der Waals surface area (Å²) in [5.41, 5.74) is 0. The van der Waals surface area contributed by atoms with Crippen molar-refractivity contribution in [3.05, 3.63) is 0 Å². The first-order chi connectivity index (χ1) is 5.41. The number of ether oxygens (including phenoxy) is 3. The Kier molecular flexibility index (Phi) is 9.70. The van der Waals surface area contributed by atoms with Crippen LogP contribution in [-0.2, 0) is 14.2 Å². The van der Waals surface area contributed by atoms with Gasteiger partial charge in [0.15, 0.2) is 0 Å². The van der Waals surface area contributed by atoms with Crippen LogP contribution in [0.5, 0.6) is 0 Å². The van der Waals surface area contributed by atoms with E-state index < -0.39 is 0 Å². The smallest absolute Gasteiger partial charge is 0.0701 e. The molecule has 0 amide bonds. The van der Waals surface area contributed by atoms with Crippen LogP contribution in [0.1, 0.15) is 0 Å². The molecule has 0 aromatic rings. The summed E-state index contributed by atoms with van der Waals surface area (Å²) in [4.78, 5) is 0. The van der Waals surface area contributed by atoms with Crippen molar-refractivity contribution >= 4 is 0 Å². The summed E-state index contributed by atoms with van der Waals surface area (Å²) in [6.07, 6.45) is 0. The van der Waals surface area contributed by atoms with E-state index in [0.29, 0.717) is 26.4 Å². The van der Waals surface area contributed by atoms with Crippen molar-refractivity contribution in [1.82, 2.24) is 0 Å². The maximum atomic E-state index is 9.88. The molecule has 0 fully saturated rings. The average Bonchev–Trinajstić information content (AvgIpc) is 2.03. The molecule has 0 saturated heterocycles. The van der Waals surface area contributed by atoms with E-state index >= 15 is 0 Å². The van der Waals surface area contributed by atoms with E-state index in [1.165, 1.54) is 0 Å². The van der Waals surface area contributed by atoms with Gasteiger partial charge in [0.05, 0.1) is 26.4 Å². The lowest BCUT2D eigenvalue weighted by atomic mass is 10.7. The van der Waals surface area contributed by atoms with E-state index in [0.717, 1.165) is 0 Å². The van der Waals surface area contributed by atoms with Gasteiger partial charge in [-0.3, -0.25) is 0 Å². The first kappa shape index (κ1) is 10.8. The van der Waals surface area contributed by atoms with Crippen LogP contribution in [0.25, 0.3) is 0 Å². The highest BCUT2D eigenvalue weighted by molar-refractivity contribution is 4.30. The summed E-state index contributed by atoms with van der Waals surface area (Å²) in [6, 6.07) is 0. The van der Waals surface area contributed by atoms with Crippen LogP contribution in [0, 0.1) is 0 Å². The van der Waals surface area contributed by atoms with Crippen LogP contribution < -0.4 is 5.11 Å². The predicted molar refractivity (Wildman–Crippen MR) is 38.4 cm³/mol. The molecular formula is C7H15O4-. The zero-order valence-corrected chi connectivity index (χ0v) is 6.88. The van der Waals surface area contributed by atoms with Crippen LogP contribution >= 0.6 is 0 Å². The summed E-state index contributed by atoms with van der Waals surface area (Å²) in [5, 5.41) is 9.88. The van der Waals surface area contributed by atoms with E-state index in [4.69, 9.17) is 14.2 Å². The molecule has 0 rings (SSSR count).